The highest BCUT2D eigenvalue weighted by Crippen LogP contribution is 2.52. The second-order valence-electron chi connectivity index (χ2n) is 12.5. The number of aliphatic hydroxyl groups is 1. The maximum atomic E-state index is 13.4. The van der Waals surface area contributed by atoms with Gasteiger partial charge in [-0.1, -0.05) is 20.3 Å². The van der Waals surface area contributed by atoms with Crippen molar-refractivity contribution in [2.75, 3.05) is 34.2 Å². The number of carbonyl (C=O) groups excluding carboxylic acids is 6. The average molecular weight is 684 g/mol. The summed E-state index contributed by atoms with van der Waals surface area (Å²) in [5.74, 6) is -3.31. The zero-order chi connectivity index (χ0) is 34.4. The van der Waals surface area contributed by atoms with E-state index >= 15 is 0 Å². The normalized spacial score (nSPS) is 26.3. The predicted molar refractivity (Wildman–Crippen MR) is 165 cm³/mol. The van der Waals surface area contributed by atoms with Crippen LogP contribution >= 0.6 is 11.8 Å². The Labute approximate surface area is 278 Å². The number of ether oxygens (including phenoxy) is 5. The van der Waals surface area contributed by atoms with Crippen LogP contribution in [-0.4, -0.2) is 120 Å². The van der Waals surface area contributed by atoms with Crippen LogP contribution in [0, 0.1) is 11.8 Å². The minimum Gasteiger partial charge on any atom is -0.431 e. The second-order valence-corrected chi connectivity index (χ2v) is 13.8. The number of aliphatic hydroxyl groups excluding tert-OH is 1. The van der Waals surface area contributed by atoms with Gasteiger partial charge < -0.3 is 38.6 Å². The van der Waals surface area contributed by atoms with Crippen molar-refractivity contribution in [3.63, 3.8) is 0 Å². The van der Waals surface area contributed by atoms with Gasteiger partial charge in [-0.15, -0.1) is 11.8 Å². The van der Waals surface area contributed by atoms with Crippen LogP contribution in [0.5, 0.6) is 0 Å². The summed E-state index contributed by atoms with van der Waals surface area (Å²) in [7, 11) is 3.13. The Morgan fingerprint density at radius 1 is 1.02 bits per heavy atom. The quantitative estimate of drug-likeness (QED) is 0.138. The number of carbonyl (C=O) groups is 6. The van der Waals surface area contributed by atoms with Gasteiger partial charge in [0.15, 0.2) is 0 Å². The molecule has 3 amide bonds. The van der Waals surface area contributed by atoms with Gasteiger partial charge in [-0.2, -0.15) is 0 Å². The van der Waals surface area contributed by atoms with E-state index in [1.165, 1.54) is 33.4 Å². The molecule has 0 radical (unpaired) electrons. The van der Waals surface area contributed by atoms with E-state index in [0.717, 1.165) is 32.1 Å². The molecule has 0 spiro atoms. The lowest BCUT2D eigenvalue weighted by Gasteiger charge is -2.46. The maximum Gasteiger partial charge on any atom is 0.511 e. The number of β-lactam (4-membered cyclic amide) rings is 1. The van der Waals surface area contributed by atoms with Crippen LogP contribution in [0.25, 0.3) is 0 Å². The number of nitrogens with zero attached hydrogens (tertiary/aromatic N) is 3. The smallest absolute Gasteiger partial charge is 0.431 e. The first-order valence-electron chi connectivity index (χ1n) is 16.1. The van der Waals surface area contributed by atoms with Gasteiger partial charge in [0, 0.05) is 43.1 Å². The summed E-state index contributed by atoms with van der Waals surface area (Å²) in [6.07, 6.45) is 2.44. The standard InChI is InChI=1S/C31H45N3O12S/c1-6-10-22(36)42-15-44-30(40)33-14-20(13-21(33)27(37)32(4)5)47-26-17(2)24-23(18(3)35)28(38)34(24)25(26)29(39)43-16-45-31(41)46-19-11-8-7-9-12-19/h17-21,23-24,35H,6-16H2,1-5H3/t17-,18-,20?,21?,23?,24?/m1/s1. The van der Waals surface area contributed by atoms with Gasteiger partial charge in [0.1, 0.15) is 17.8 Å². The SMILES string of the molecule is CCCC(=O)OCOC(=O)N1CC(SC2=C(C(=O)OCOC(=O)OC3CCCCC3)N3C(=O)C([C@@H](C)O)C3[C@H]2C)CC1C(=O)N(C)C. The fourth-order valence-electron chi connectivity index (χ4n) is 6.52. The number of likely N-dealkylation sites (N-methyl/N-ethyl adjacent to an activating group) is 1. The van der Waals surface area contributed by atoms with E-state index in [1.807, 2.05) is 13.8 Å². The molecule has 4 aliphatic rings. The molecule has 1 saturated carbocycles. The van der Waals surface area contributed by atoms with Crippen LogP contribution < -0.4 is 0 Å². The van der Waals surface area contributed by atoms with Gasteiger partial charge in [0.25, 0.3) is 0 Å². The molecule has 3 aliphatic heterocycles. The molecular weight excluding hydrogens is 638 g/mol. The number of amides is 3. The Balaban J connectivity index is 1.47. The summed E-state index contributed by atoms with van der Waals surface area (Å²) in [5, 5.41) is 9.92. The Morgan fingerprint density at radius 3 is 2.34 bits per heavy atom. The molecular formula is C31H45N3O12S. The van der Waals surface area contributed by atoms with Gasteiger partial charge in [-0.25, -0.2) is 14.4 Å². The summed E-state index contributed by atoms with van der Waals surface area (Å²) in [6.45, 7) is 3.89. The molecule has 4 rings (SSSR count). The van der Waals surface area contributed by atoms with E-state index in [0.29, 0.717) is 11.3 Å². The largest absolute Gasteiger partial charge is 0.511 e. The number of hydrogen-bond donors (Lipinski definition) is 1. The van der Waals surface area contributed by atoms with Crippen molar-refractivity contribution < 1.29 is 57.6 Å². The summed E-state index contributed by atoms with van der Waals surface area (Å²) in [4.78, 5) is 81.0. The second kappa shape index (κ2) is 16.0. The minimum atomic E-state index is -0.962. The number of rotatable bonds is 12. The van der Waals surface area contributed by atoms with E-state index in [1.54, 1.807) is 14.1 Å². The van der Waals surface area contributed by atoms with Crippen molar-refractivity contribution in [1.29, 1.82) is 0 Å². The average Bonchev–Trinajstić information content (AvgIpc) is 3.54. The van der Waals surface area contributed by atoms with Crippen LogP contribution in [-0.2, 0) is 42.9 Å². The van der Waals surface area contributed by atoms with Gasteiger partial charge in [-0.3, -0.25) is 19.3 Å². The van der Waals surface area contributed by atoms with Crippen LogP contribution in [0.3, 0.4) is 0 Å². The molecule has 0 aromatic heterocycles. The number of likely N-dealkylation sites (tertiary alicyclic amines) is 1. The molecule has 0 aromatic rings. The highest BCUT2D eigenvalue weighted by Gasteiger charge is 2.60. The predicted octanol–water partition coefficient (Wildman–Crippen LogP) is 2.74. The van der Waals surface area contributed by atoms with Crippen LogP contribution in [0.1, 0.15) is 72.1 Å². The van der Waals surface area contributed by atoms with Gasteiger partial charge in [0.05, 0.1) is 18.1 Å². The molecule has 47 heavy (non-hydrogen) atoms. The molecule has 3 heterocycles. The van der Waals surface area contributed by atoms with E-state index in [4.69, 9.17) is 23.7 Å². The van der Waals surface area contributed by atoms with E-state index in [2.05, 4.69) is 0 Å². The fraction of sp³-hybridized carbons (Fsp3) is 0.742. The summed E-state index contributed by atoms with van der Waals surface area (Å²) < 4.78 is 25.7. The van der Waals surface area contributed by atoms with E-state index in [-0.39, 0.29) is 43.0 Å². The molecule has 0 aromatic carbocycles. The summed E-state index contributed by atoms with van der Waals surface area (Å²) in [6, 6.07) is -1.40. The van der Waals surface area contributed by atoms with Crippen LogP contribution in [0.2, 0.25) is 0 Å². The van der Waals surface area contributed by atoms with Gasteiger partial charge in [-0.05, 0) is 45.4 Å². The third-order valence-corrected chi connectivity index (χ3v) is 10.4. The van der Waals surface area contributed by atoms with Crippen molar-refractivity contribution in [3.05, 3.63) is 10.6 Å². The molecule has 262 valence electrons. The number of thioether (sulfide) groups is 1. The topological polar surface area (TPSA) is 179 Å². The lowest BCUT2D eigenvalue weighted by Crippen LogP contribution is -2.63. The monoisotopic (exact) mass is 683 g/mol. The van der Waals surface area contributed by atoms with Crippen molar-refractivity contribution >= 4 is 47.8 Å². The Morgan fingerprint density at radius 2 is 1.70 bits per heavy atom. The van der Waals surface area contributed by atoms with Crippen LogP contribution in [0.15, 0.2) is 10.6 Å². The van der Waals surface area contributed by atoms with Crippen LogP contribution in [0.4, 0.5) is 9.59 Å². The third-order valence-electron chi connectivity index (χ3n) is 8.86. The molecule has 6 atom stereocenters. The number of esters is 2. The number of hydrogen-bond acceptors (Lipinski definition) is 13. The summed E-state index contributed by atoms with van der Waals surface area (Å²) in [5.41, 5.74) is -0.0296. The van der Waals surface area contributed by atoms with Crippen molar-refractivity contribution in [2.45, 2.75) is 102 Å². The van der Waals surface area contributed by atoms with E-state index < -0.39 is 73.0 Å². The van der Waals surface area contributed by atoms with Crippen molar-refractivity contribution in [2.24, 2.45) is 11.8 Å². The zero-order valence-corrected chi connectivity index (χ0v) is 28.3. The van der Waals surface area contributed by atoms with E-state index in [9.17, 15) is 33.9 Å². The lowest BCUT2D eigenvalue weighted by atomic mass is 9.79. The Kier molecular flexibility index (Phi) is 12.4. The molecule has 15 nitrogen and oxygen atoms in total. The highest BCUT2D eigenvalue weighted by atomic mass is 32.2. The third kappa shape index (κ3) is 8.31. The minimum absolute atomic E-state index is 0.0296. The zero-order valence-electron chi connectivity index (χ0n) is 27.5. The first kappa shape index (κ1) is 36.3. The molecule has 1 N–H and O–H groups in total. The molecule has 0 bridgehead atoms. The van der Waals surface area contributed by atoms with Gasteiger partial charge >= 0.3 is 24.2 Å². The number of fused-ring (bicyclic) bond motifs is 1. The molecule has 3 fully saturated rings. The van der Waals surface area contributed by atoms with Gasteiger partial charge in [0.2, 0.25) is 25.4 Å². The summed E-state index contributed by atoms with van der Waals surface area (Å²) >= 11 is 1.24. The van der Waals surface area contributed by atoms with Crippen molar-refractivity contribution in [1.82, 2.24) is 14.7 Å². The Hall–Kier alpha value is -3.53. The molecule has 2 saturated heterocycles. The first-order chi connectivity index (χ1) is 22.3. The van der Waals surface area contributed by atoms with Crippen molar-refractivity contribution in [3.8, 4) is 0 Å². The molecule has 4 unspecified atom stereocenters. The molecule has 16 heteroatoms. The first-order valence-corrected chi connectivity index (χ1v) is 17.0. The Bertz CT molecular complexity index is 1250. The highest BCUT2D eigenvalue weighted by molar-refractivity contribution is 8.03. The lowest BCUT2D eigenvalue weighted by molar-refractivity contribution is -0.167. The fourth-order valence-corrected chi connectivity index (χ4v) is 8.04. The maximum absolute atomic E-state index is 13.4. The molecule has 1 aliphatic carbocycles.